The van der Waals surface area contributed by atoms with Gasteiger partial charge in [-0.25, -0.2) is 9.78 Å². The van der Waals surface area contributed by atoms with Gasteiger partial charge in [0.15, 0.2) is 6.10 Å². The number of aryl methyl sites for hydroxylation is 2. The number of amides is 1. The van der Waals surface area contributed by atoms with Crippen molar-refractivity contribution in [2.24, 2.45) is 0 Å². The van der Waals surface area contributed by atoms with Crippen LogP contribution in [0.25, 0.3) is 0 Å². The molecule has 0 aliphatic rings. The lowest BCUT2D eigenvalue weighted by Crippen LogP contribution is -2.30. The first kappa shape index (κ1) is 20.0. The highest BCUT2D eigenvalue weighted by atomic mass is 35.5. The van der Waals surface area contributed by atoms with Crippen molar-refractivity contribution in [2.75, 3.05) is 12.4 Å². The number of rotatable bonds is 5. The number of hydrogen-bond acceptors (Lipinski definition) is 5. The first-order chi connectivity index (χ1) is 12.2. The van der Waals surface area contributed by atoms with Gasteiger partial charge in [0.2, 0.25) is 0 Å². The summed E-state index contributed by atoms with van der Waals surface area (Å²) >= 11 is 12.1. The molecule has 1 aromatic carbocycles. The van der Waals surface area contributed by atoms with Crippen molar-refractivity contribution in [3.63, 3.8) is 0 Å². The van der Waals surface area contributed by atoms with Crippen LogP contribution < -0.4 is 10.1 Å². The predicted molar refractivity (Wildman–Crippen MR) is 100 cm³/mol. The van der Waals surface area contributed by atoms with E-state index in [4.69, 9.17) is 32.7 Å². The van der Waals surface area contributed by atoms with Gasteiger partial charge in [-0.3, -0.25) is 4.79 Å². The standard InChI is InChI=1S/C18H18Cl2N2O4/c1-9-7-10(2)21-16(20)15(9)18(24)26-11(3)17(23)22-12-5-6-14(25-4)13(19)8-12/h5-8,11H,1-4H3,(H,22,23)/t11-/m0/s1. The number of carbonyl (C=O) groups is 2. The number of nitrogens with zero attached hydrogens (tertiary/aromatic N) is 1. The van der Waals surface area contributed by atoms with Crippen LogP contribution >= 0.6 is 23.2 Å². The molecule has 0 unspecified atom stereocenters. The molecule has 1 N–H and O–H groups in total. The third kappa shape index (κ3) is 4.65. The quantitative estimate of drug-likeness (QED) is 0.605. The average molecular weight is 397 g/mol. The number of anilines is 1. The molecule has 2 rings (SSSR count). The Balaban J connectivity index is 2.07. The third-order valence-electron chi connectivity index (χ3n) is 3.58. The summed E-state index contributed by atoms with van der Waals surface area (Å²) in [4.78, 5) is 28.6. The highest BCUT2D eigenvalue weighted by Crippen LogP contribution is 2.27. The lowest BCUT2D eigenvalue weighted by atomic mass is 10.1. The molecule has 26 heavy (non-hydrogen) atoms. The molecule has 1 amide bonds. The summed E-state index contributed by atoms with van der Waals surface area (Å²) in [6.07, 6.45) is -1.04. The second-order valence-electron chi connectivity index (χ2n) is 5.63. The zero-order valence-electron chi connectivity index (χ0n) is 14.7. The highest BCUT2D eigenvalue weighted by molar-refractivity contribution is 6.33. The number of ether oxygens (including phenoxy) is 2. The molecule has 0 saturated carbocycles. The number of nitrogens with one attached hydrogen (secondary N) is 1. The van der Waals surface area contributed by atoms with E-state index in [2.05, 4.69) is 10.3 Å². The van der Waals surface area contributed by atoms with E-state index in [1.54, 1.807) is 32.0 Å². The van der Waals surface area contributed by atoms with E-state index in [1.807, 2.05) is 0 Å². The molecule has 0 spiro atoms. The van der Waals surface area contributed by atoms with Gasteiger partial charge in [-0.15, -0.1) is 0 Å². The van der Waals surface area contributed by atoms with E-state index in [1.165, 1.54) is 20.1 Å². The number of aromatic nitrogens is 1. The van der Waals surface area contributed by atoms with Gasteiger partial charge in [0, 0.05) is 11.4 Å². The molecule has 6 nitrogen and oxygen atoms in total. The Morgan fingerprint density at radius 3 is 2.46 bits per heavy atom. The van der Waals surface area contributed by atoms with Crippen LogP contribution in [0.3, 0.4) is 0 Å². The maximum Gasteiger partial charge on any atom is 0.342 e. The molecule has 0 aliphatic carbocycles. The number of benzene rings is 1. The fourth-order valence-corrected chi connectivity index (χ4v) is 2.91. The van der Waals surface area contributed by atoms with Crippen LogP contribution in [0.1, 0.15) is 28.5 Å². The molecule has 138 valence electrons. The van der Waals surface area contributed by atoms with Gasteiger partial charge in [-0.05, 0) is 50.6 Å². The number of carbonyl (C=O) groups excluding carboxylic acids is 2. The average Bonchev–Trinajstić information content (AvgIpc) is 2.53. The minimum absolute atomic E-state index is 0.0436. The minimum Gasteiger partial charge on any atom is -0.495 e. The molecule has 1 atom stereocenters. The summed E-state index contributed by atoms with van der Waals surface area (Å²) in [6, 6.07) is 6.50. The first-order valence-electron chi connectivity index (χ1n) is 7.72. The second kappa shape index (κ2) is 8.38. The Morgan fingerprint density at radius 2 is 1.88 bits per heavy atom. The molecule has 0 saturated heterocycles. The maximum absolute atomic E-state index is 12.3. The highest BCUT2D eigenvalue weighted by Gasteiger charge is 2.23. The van der Waals surface area contributed by atoms with Crippen molar-refractivity contribution in [3.8, 4) is 5.75 Å². The summed E-state index contributed by atoms with van der Waals surface area (Å²) < 4.78 is 10.3. The van der Waals surface area contributed by atoms with Crippen molar-refractivity contribution in [3.05, 3.63) is 51.3 Å². The fourth-order valence-electron chi connectivity index (χ4n) is 2.30. The van der Waals surface area contributed by atoms with Crippen molar-refractivity contribution in [2.45, 2.75) is 26.9 Å². The van der Waals surface area contributed by atoms with Crippen molar-refractivity contribution < 1.29 is 19.1 Å². The topological polar surface area (TPSA) is 77.5 Å². The molecule has 1 aromatic heterocycles. The fraction of sp³-hybridized carbons (Fsp3) is 0.278. The van der Waals surface area contributed by atoms with Gasteiger partial charge in [-0.2, -0.15) is 0 Å². The van der Waals surface area contributed by atoms with Crippen LogP contribution in [0.4, 0.5) is 5.69 Å². The molecular weight excluding hydrogens is 379 g/mol. The van der Waals surface area contributed by atoms with E-state index in [-0.39, 0.29) is 10.7 Å². The lowest BCUT2D eigenvalue weighted by Gasteiger charge is -2.15. The summed E-state index contributed by atoms with van der Waals surface area (Å²) in [7, 11) is 1.49. The molecule has 2 aromatic rings. The smallest absolute Gasteiger partial charge is 0.342 e. The Kier molecular flexibility index (Phi) is 6.45. The molecule has 0 bridgehead atoms. The lowest BCUT2D eigenvalue weighted by molar-refractivity contribution is -0.123. The van der Waals surface area contributed by atoms with Crippen LogP contribution in [0, 0.1) is 13.8 Å². The number of hydrogen-bond donors (Lipinski definition) is 1. The third-order valence-corrected chi connectivity index (χ3v) is 4.15. The van der Waals surface area contributed by atoms with Crippen molar-refractivity contribution in [1.82, 2.24) is 4.98 Å². The maximum atomic E-state index is 12.3. The first-order valence-corrected chi connectivity index (χ1v) is 8.47. The van der Waals surface area contributed by atoms with Crippen LogP contribution in [-0.2, 0) is 9.53 Å². The summed E-state index contributed by atoms with van der Waals surface area (Å²) in [5.41, 5.74) is 1.91. The summed E-state index contributed by atoms with van der Waals surface area (Å²) in [5.74, 6) is -0.732. The summed E-state index contributed by atoms with van der Waals surface area (Å²) in [6.45, 7) is 4.95. The zero-order valence-corrected chi connectivity index (χ0v) is 16.2. The second-order valence-corrected chi connectivity index (χ2v) is 6.40. The largest absolute Gasteiger partial charge is 0.495 e. The van der Waals surface area contributed by atoms with Crippen LogP contribution in [0.2, 0.25) is 10.2 Å². The van der Waals surface area contributed by atoms with Gasteiger partial charge in [0.1, 0.15) is 10.9 Å². The van der Waals surface area contributed by atoms with Gasteiger partial charge in [0.05, 0.1) is 17.7 Å². The Morgan fingerprint density at radius 1 is 1.19 bits per heavy atom. The van der Waals surface area contributed by atoms with Crippen molar-refractivity contribution in [1.29, 1.82) is 0 Å². The van der Waals surface area contributed by atoms with Crippen LogP contribution in [0.15, 0.2) is 24.3 Å². The number of methoxy groups -OCH3 is 1. The van der Waals surface area contributed by atoms with Gasteiger partial charge < -0.3 is 14.8 Å². The minimum atomic E-state index is -1.04. The Hall–Kier alpha value is -2.31. The van der Waals surface area contributed by atoms with Gasteiger partial charge in [-0.1, -0.05) is 23.2 Å². The van der Waals surface area contributed by atoms with E-state index >= 15 is 0 Å². The molecule has 8 heteroatoms. The Labute approximate surface area is 161 Å². The van der Waals surface area contributed by atoms with Crippen molar-refractivity contribution >= 4 is 40.8 Å². The molecule has 0 fully saturated rings. The number of pyridine rings is 1. The van der Waals surface area contributed by atoms with E-state index in [9.17, 15) is 9.59 Å². The Bertz CT molecular complexity index is 832. The van der Waals surface area contributed by atoms with E-state index in [0.29, 0.717) is 27.7 Å². The zero-order chi connectivity index (χ0) is 19.4. The molecule has 1 heterocycles. The summed E-state index contributed by atoms with van der Waals surface area (Å²) in [5, 5.41) is 3.02. The normalized spacial score (nSPS) is 11.6. The van der Waals surface area contributed by atoms with E-state index in [0.717, 1.165) is 0 Å². The predicted octanol–water partition coefficient (Wildman–Crippen LogP) is 4.20. The monoisotopic (exact) mass is 396 g/mol. The van der Waals surface area contributed by atoms with Gasteiger partial charge in [0.25, 0.3) is 5.91 Å². The van der Waals surface area contributed by atoms with E-state index < -0.39 is 18.0 Å². The van der Waals surface area contributed by atoms with Gasteiger partial charge >= 0.3 is 5.97 Å². The number of esters is 1. The SMILES string of the molecule is COc1ccc(NC(=O)[C@H](C)OC(=O)c2c(C)cc(C)nc2Cl)cc1Cl. The molecule has 0 radical (unpaired) electrons. The molecular formula is C18H18Cl2N2O4. The number of halogens is 2. The van der Waals surface area contributed by atoms with Crippen LogP contribution in [-0.4, -0.2) is 30.1 Å². The molecule has 0 aliphatic heterocycles. The van der Waals surface area contributed by atoms with Crippen LogP contribution in [0.5, 0.6) is 5.75 Å².